The standard InChI is InChI=1S/C15H27BrO2Si/c1-11-8-13(12(16)9-15(11,5)10-17)18-19(6,7)14(2,3)4/h9-11,13H,8H2,1-7H3/t11-,13-,15+/m0/s1. The maximum absolute atomic E-state index is 11.3. The van der Waals surface area contributed by atoms with E-state index in [0.29, 0.717) is 5.92 Å². The molecule has 2 nitrogen and oxygen atoms in total. The van der Waals surface area contributed by atoms with E-state index in [2.05, 4.69) is 56.7 Å². The highest BCUT2D eigenvalue weighted by Gasteiger charge is 2.43. The van der Waals surface area contributed by atoms with Crippen molar-refractivity contribution >= 4 is 30.5 Å². The van der Waals surface area contributed by atoms with E-state index in [0.717, 1.165) is 17.2 Å². The van der Waals surface area contributed by atoms with Gasteiger partial charge in [-0.15, -0.1) is 0 Å². The van der Waals surface area contributed by atoms with Gasteiger partial charge < -0.3 is 9.22 Å². The summed E-state index contributed by atoms with van der Waals surface area (Å²) in [6.45, 7) is 15.4. The molecule has 1 aliphatic rings. The first-order valence-electron chi connectivity index (χ1n) is 6.95. The first-order valence-corrected chi connectivity index (χ1v) is 10.7. The zero-order valence-electron chi connectivity index (χ0n) is 13.2. The van der Waals surface area contributed by atoms with Crippen LogP contribution < -0.4 is 0 Å². The van der Waals surface area contributed by atoms with Crippen molar-refractivity contribution in [3.8, 4) is 0 Å². The lowest BCUT2D eigenvalue weighted by atomic mass is 9.73. The molecule has 4 heteroatoms. The zero-order chi connectivity index (χ0) is 15.1. The molecule has 110 valence electrons. The van der Waals surface area contributed by atoms with E-state index in [1.165, 1.54) is 0 Å². The molecule has 0 aromatic carbocycles. The van der Waals surface area contributed by atoms with Crippen LogP contribution in [0.4, 0.5) is 0 Å². The fraction of sp³-hybridized carbons (Fsp3) is 0.800. The second kappa shape index (κ2) is 5.45. The van der Waals surface area contributed by atoms with E-state index in [-0.39, 0.29) is 16.6 Å². The zero-order valence-corrected chi connectivity index (χ0v) is 15.8. The number of hydrogen-bond donors (Lipinski definition) is 0. The number of hydrogen-bond acceptors (Lipinski definition) is 2. The van der Waals surface area contributed by atoms with Crippen molar-refractivity contribution in [3.05, 3.63) is 10.6 Å². The van der Waals surface area contributed by atoms with Gasteiger partial charge in [0.25, 0.3) is 0 Å². The highest BCUT2D eigenvalue weighted by molar-refractivity contribution is 9.11. The van der Waals surface area contributed by atoms with Crippen LogP contribution >= 0.6 is 15.9 Å². The van der Waals surface area contributed by atoms with Crippen LogP contribution in [0.15, 0.2) is 10.6 Å². The number of halogens is 1. The lowest BCUT2D eigenvalue weighted by molar-refractivity contribution is -0.116. The van der Waals surface area contributed by atoms with Crippen LogP contribution in [-0.4, -0.2) is 20.7 Å². The molecule has 0 aromatic rings. The fourth-order valence-corrected chi connectivity index (χ4v) is 4.24. The molecule has 0 aliphatic heterocycles. The largest absolute Gasteiger partial charge is 0.409 e. The molecule has 0 bridgehead atoms. The van der Waals surface area contributed by atoms with Gasteiger partial charge in [-0.25, -0.2) is 0 Å². The number of rotatable bonds is 3. The molecule has 19 heavy (non-hydrogen) atoms. The lowest BCUT2D eigenvalue weighted by Gasteiger charge is -2.43. The Bertz CT molecular complexity index is 384. The molecule has 0 saturated carbocycles. The third-order valence-corrected chi connectivity index (χ3v) is 10.1. The lowest BCUT2D eigenvalue weighted by Crippen LogP contribution is -2.46. The Morgan fingerprint density at radius 2 is 2.00 bits per heavy atom. The SMILES string of the molecule is C[C@H]1C[C@H](O[Si](C)(C)C(C)(C)C)C(Br)=C[C@]1(C)C=O. The normalized spacial score (nSPS) is 32.9. The number of carbonyl (C=O) groups excluding carboxylic acids is 1. The predicted octanol–water partition coefficient (Wildman–Crippen LogP) is 4.90. The van der Waals surface area contributed by atoms with Gasteiger partial charge in [-0.3, -0.25) is 0 Å². The summed E-state index contributed by atoms with van der Waals surface area (Å²) in [6.07, 6.45) is 4.09. The Morgan fingerprint density at radius 3 is 2.42 bits per heavy atom. The maximum Gasteiger partial charge on any atom is 0.192 e. The van der Waals surface area contributed by atoms with E-state index >= 15 is 0 Å². The van der Waals surface area contributed by atoms with Crippen LogP contribution in [0.25, 0.3) is 0 Å². The van der Waals surface area contributed by atoms with E-state index in [4.69, 9.17) is 4.43 Å². The first kappa shape index (κ1) is 17.1. The summed E-state index contributed by atoms with van der Waals surface area (Å²) in [5.74, 6) is 0.307. The van der Waals surface area contributed by atoms with Gasteiger partial charge in [-0.1, -0.05) is 49.7 Å². The second-order valence-corrected chi connectivity index (χ2v) is 13.2. The Labute approximate surface area is 127 Å². The smallest absolute Gasteiger partial charge is 0.192 e. The number of allylic oxidation sites excluding steroid dienone is 1. The molecule has 0 N–H and O–H groups in total. The van der Waals surface area contributed by atoms with Gasteiger partial charge in [0.05, 0.1) is 6.10 Å². The van der Waals surface area contributed by atoms with Gasteiger partial charge in [-0.2, -0.15) is 0 Å². The molecule has 1 rings (SSSR count). The summed E-state index contributed by atoms with van der Waals surface area (Å²) in [7, 11) is -1.78. The van der Waals surface area contributed by atoms with Crippen molar-refractivity contribution in [2.45, 2.75) is 65.3 Å². The van der Waals surface area contributed by atoms with Crippen LogP contribution in [-0.2, 0) is 9.22 Å². The maximum atomic E-state index is 11.3. The van der Waals surface area contributed by atoms with Gasteiger partial charge in [-0.05, 0) is 37.4 Å². The van der Waals surface area contributed by atoms with Crippen molar-refractivity contribution < 1.29 is 9.22 Å². The molecular formula is C15H27BrO2Si. The van der Waals surface area contributed by atoms with Crippen molar-refractivity contribution in [1.29, 1.82) is 0 Å². The van der Waals surface area contributed by atoms with E-state index in [9.17, 15) is 4.79 Å². The second-order valence-electron chi connectivity index (χ2n) is 7.52. The molecule has 0 spiro atoms. The monoisotopic (exact) mass is 346 g/mol. The molecule has 0 amide bonds. The molecule has 0 heterocycles. The average Bonchev–Trinajstić information content (AvgIpc) is 2.24. The Morgan fingerprint density at radius 1 is 1.47 bits per heavy atom. The third kappa shape index (κ3) is 3.59. The minimum atomic E-state index is -1.78. The van der Waals surface area contributed by atoms with Gasteiger partial charge >= 0.3 is 0 Å². The molecule has 0 aromatic heterocycles. The molecular weight excluding hydrogens is 320 g/mol. The Balaban J connectivity index is 2.95. The van der Waals surface area contributed by atoms with E-state index < -0.39 is 8.32 Å². The summed E-state index contributed by atoms with van der Waals surface area (Å²) in [5, 5.41) is 0.203. The molecule has 0 unspecified atom stereocenters. The van der Waals surface area contributed by atoms with Gasteiger partial charge in [0, 0.05) is 9.90 Å². The number of aldehydes is 1. The summed E-state index contributed by atoms with van der Waals surface area (Å²) in [6, 6.07) is 0. The molecule has 0 saturated heterocycles. The first-order chi connectivity index (χ1) is 8.43. The van der Waals surface area contributed by atoms with Crippen LogP contribution in [0.3, 0.4) is 0 Å². The third-order valence-electron chi connectivity index (χ3n) is 4.88. The molecule has 0 fully saturated rings. The fourth-order valence-electron chi connectivity index (χ4n) is 2.01. The molecule has 1 aliphatic carbocycles. The average molecular weight is 347 g/mol. The van der Waals surface area contributed by atoms with Crippen LogP contribution in [0.5, 0.6) is 0 Å². The molecule has 3 atom stereocenters. The number of carbonyl (C=O) groups is 1. The van der Waals surface area contributed by atoms with Crippen molar-refractivity contribution in [2.24, 2.45) is 11.3 Å². The van der Waals surface area contributed by atoms with Crippen LogP contribution in [0, 0.1) is 11.3 Å². The Kier molecular flexibility index (Phi) is 4.91. The van der Waals surface area contributed by atoms with Gasteiger partial charge in [0.2, 0.25) is 0 Å². The van der Waals surface area contributed by atoms with Gasteiger partial charge in [0.15, 0.2) is 8.32 Å². The van der Waals surface area contributed by atoms with Crippen molar-refractivity contribution in [1.82, 2.24) is 0 Å². The highest BCUT2D eigenvalue weighted by Crippen LogP contribution is 2.44. The summed E-state index contributed by atoms with van der Waals surface area (Å²) < 4.78 is 7.50. The van der Waals surface area contributed by atoms with Crippen LogP contribution in [0.1, 0.15) is 41.0 Å². The van der Waals surface area contributed by atoms with Gasteiger partial charge in [0.1, 0.15) is 6.29 Å². The van der Waals surface area contributed by atoms with E-state index in [1.54, 1.807) is 0 Å². The molecule has 0 radical (unpaired) electrons. The topological polar surface area (TPSA) is 26.3 Å². The Hall–Kier alpha value is 0.0669. The highest BCUT2D eigenvalue weighted by atomic mass is 79.9. The van der Waals surface area contributed by atoms with Crippen LogP contribution in [0.2, 0.25) is 18.1 Å². The summed E-state index contributed by atoms with van der Waals surface area (Å²) in [5.41, 5.74) is -0.369. The van der Waals surface area contributed by atoms with Crippen molar-refractivity contribution in [3.63, 3.8) is 0 Å². The summed E-state index contributed by atoms with van der Waals surface area (Å²) >= 11 is 3.62. The summed E-state index contributed by atoms with van der Waals surface area (Å²) in [4.78, 5) is 11.3. The predicted molar refractivity (Wildman–Crippen MR) is 87.0 cm³/mol. The minimum Gasteiger partial charge on any atom is -0.409 e. The quantitative estimate of drug-likeness (QED) is 0.536. The minimum absolute atomic E-state index is 0.101. The van der Waals surface area contributed by atoms with E-state index in [1.807, 2.05) is 13.0 Å². The van der Waals surface area contributed by atoms with Crippen molar-refractivity contribution in [2.75, 3.05) is 0 Å².